The van der Waals surface area contributed by atoms with Gasteiger partial charge in [0.05, 0.1) is 45.6 Å². The second-order valence-corrected chi connectivity index (χ2v) is 12.5. The maximum Gasteiger partial charge on any atom is 0.338 e. The van der Waals surface area contributed by atoms with Crippen LogP contribution < -0.4 is 24.4 Å². The molecular formula is C32H27BrCl2N2O5S. The molecule has 222 valence electrons. The first kappa shape index (κ1) is 31.1. The zero-order chi connectivity index (χ0) is 30.8. The Morgan fingerprint density at radius 2 is 1.81 bits per heavy atom. The van der Waals surface area contributed by atoms with Gasteiger partial charge in [0, 0.05) is 4.47 Å². The van der Waals surface area contributed by atoms with Gasteiger partial charge in [0.2, 0.25) is 0 Å². The number of ether oxygens (including phenoxy) is 3. The molecule has 0 fully saturated rings. The number of halogens is 3. The van der Waals surface area contributed by atoms with Crippen molar-refractivity contribution < 1.29 is 19.0 Å². The van der Waals surface area contributed by atoms with Gasteiger partial charge in [-0.3, -0.25) is 9.36 Å². The fraction of sp³-hybridized carbons (Fsp3) is 0.219. The SMILES string of the molecule is CCOC(=O)C1=C(C)N=c2s/c(=C/c3cc(OC)c(OCc4ccc(Cl)c(Cl)c4)cc3Br)c(=O)n2[C@@H]1c1ccc(C)cc1. The number of aryl methyl sites for hydroxylation is 1. The molecule has 4 aromatic rings. The summed E-state index contributed by atoms with van der Waals surface area (Å²) in [6.45, 7) is 5.96. The number of rotatable bonds is 8. The topological polar surface area (TPSA) is 79.1 Å². The van der Waals surface area contributed by atoms with E-state index >= 15 is 0 Å². The van der Waals surface area contributed by atoms with Gasteiger partial charge in [0.25, 0.3) is 5.56 Å². The number of aromatic nitrogens is 1. The summed E-state index contributed by atoms with van der Waals surface area (Å²) in [4.78, 5) is 32.2. The third-order valence-electron chi connectivity index (χ3n) is 6.86. The first-order valence-corrected chi connectivity index (χ1v) is 15.7. The summed E-state index contributed by atoms with van der Waals surface area (Å²) in [6, 6.07) is 16.0. The van der Waals surface area contributed by atoms with Crippen LogP contribution in [0.15, 0.2) is 80.1 Å². The molecule has 0 bridgehead atoms. The third-order valence-corrected chi connectivity index (χ3v) is 9.27. The molecule has 0 radical (unpaired) electrons. The Bertz CT molecular complexity index is 1930. The fourth-order valence-corrected chi connectivity index (χ4v) is 6.52. The van der Waals surface area contributed by atoms with Crippen molar-refractivity contribution in [2.24, 2.45) is 4.99 Å². The number of esters is 1. The van der Waals surface area contributed by atoms with Gasteiger partial charge in [0.1, 0.15) is 6.61 Å². The van der Waals surface area contributed by atoms with E-state index in [1.54, 1.807) is 55.9 Å². The molecule has 11 heteroatoms. The lowest BCUT2D eigenvalue weighted by molar-refractivity contribution is -0.139. The zero-order valence-corrected chi connectivity index (χ0v) is 27.7. The van der Waals surface area contributed by atoms with Crippen LogP contribution in [0.3, 0.4) is 0 Å². The molecule has 0 spiro atoms. The maximum atomic E-state index is 14.0. The number of thiazole rings is 1. The van der Waals surface area contributed by atoms with Gasteiger partial charge < -0.3 is 14.2 Å². The fourth-order valence-electron chi connectivity index (χ4n) is 4.72. The van der Waals surface area contributed by atoms with Gasteiger partial charge in [-0.25, -0.2) is 9.79 Å². The molecule has 0 amide bonds. The standard InChI is InChI=1S/C32H27BrCl2N2O5S/c1-5-41-31(39)28-18(3)36-32-37(29(28)20-9-6-17(2)7-10-20)30(38)27(43-32)14-21-13-25(40-4)26(15-22(21)33)42-16-19-8-11-23(34)24(35)12-19/h6-15,29H,5,16H2,1-4H3/b27-14+/t29-/m1/s1. The maximum absolute atomic E-state index is 14.0. The van der Waals surface area contributed by atoms with Crippen LogP contribution >= 0.6 is 50.5 Å². The molecule has 5 rings (SSSR count). The monoisotopic (exact) mass is 700 g/mol. The summed E-state index contributed by atoms with van der Waals surface area (Å²) in [5.74, 6) is 0.501. The molecule has 1 aliphatic rings. The Morgan fingerprint density at radius 3 is 2.49 bits per heavy atom. The smallest absolute Gasteiger partial charge is 0.338 e. The van der Waals surface area contributed by atoms with Gasteiger partial charge in [-0.2, -0.15) is 0 Å². The summed E-state index contributed by atoms with van der Waals surface area (Å²) in [5, 5.41) is 0.916. The number of hydrogen-bond acceptors (Lipinski definition) is 7. The van der Waals surface area contributed by atoms with Crippen LogP contribution in [-0.4, -0.2) is 24.3 Å². The predicted molar refractivity (Wildman–Crippen MR) is 173 cm³/mol. The molecular weight excluding hydrogens is 675 g/mol. The molecule has 0 saturated heterocycles. The Morgan fingerprint density at radius 1 is 1.07 bits per heavy atom. The number of allylic oxidation sites excluding steroid dienone is 1. The summed E-state index contributed by atoms with van der Waals surface area (Å²) in [7, 11) is 1.55. The lowest BCUT2D eigenvalue weighted by Crippen LogP contribution is -2.39. The summed E-state index contributed by atoms with van der Waals surface area (Å²) >= 11 is 17.0. The first-order valence-electron chi connectivity index (χ1n) is 13.3. The number of benzene rings is 3. The summed E-state index contributed by atoms with van der Waals surface area (Å²) in [6.07, 6.45) is 1.77. The number of carbonyl (C=O) groups excluding carboxylic acids is 1. The molecule has 0 unspecified atom stereocenters. The van der Waals surface area contributed by atoms with Crippen molar-refractivity contribution in [3.8, 4) is 11.5 Å². The second kappa shape index (κ2) is 13.1. The normalized spacial score (nSPS) is 14.8. The van der Waals surface area contributed by atoms with E-state index in [2.05, 4.69) is 20.9 Å². The largest absolute Gasteiger partial charge is 0.493 e. The highest BCUT2D eigenvalue weighted by atomic mass is 79.9. The van der Waals surface area contributed by atoms with E-state index in [1.807, 2.05) is 37.3 Å². The van der Waals surface area contributed by atoms with Gasteiger partial charge in [0.15, 0.2) is 16.3 Å². The Kier molecular flexibility index (Phi) is 9.46. The molecule has 0 saturated carbocycles. The van der Waals surface area contributed by atoms with E-state index < -0.39 is 12.0 Å². The van der Waals surface area contributed by atoms with Crippen LogP contribution in [0, 0.1) is 6.92 Å². The minimum absolute atomic E-state index is 0.212. The Hall–Kier alpha value is -3.37. The van der Waals surface area contributed by atoms with Crippen LogP contribution in [-0.2, 0) is 16.1 Å². The van der Waals surface area contributed by atoms with E-state index in [1.165, 1.54) is 11.3 Å². The van der Waals surface area contributed by atoms with Crippen LogP contribution in [0.5, 0.6) is 11.5 Å². The van der Waals surface area contributed by atoms with Crippen LogP contribution in [0.25, 0.3) is 6.08 Å². The highest BCUT2D eigenvalue weighted by Gasteiger charge is 2.33. The summed E-state index contributed by atoms with van der Waals surface area (Å²) in [5.41, 5.74) is 4.00. The number of nitrogens with zero attached hydrogens (tertiary/aromatic N) is 2. The van der Waals surface area contributed by atoms with Gasteiger partial charge in [-0.1, -0.05) is 86.4 Å². The number of fused-ring (bicyclic) bond motifs is 1. The van der Waals surface area contributed by atoms with Crippen molar-refractivity contribution in [2.45, 2.75) is 33.4 Å². The molecule has 1 aliphatic heterocycles. The average molecular weight is 702 g/mol. The molecule has 0 aliphatic carbocycles. The van der Waals surface area contributed by atoms with Gasteiger partial charge in [-0.15, -0.1) is 0 Å². The van der Waals surface area contributed by atoms with E-state index in [0.29, 0.717) is 52.2 Å². The third kappa shape index (κ3) is 6.45. The van der Waals surface area contributed by atoms with E-state index in [4.69, 9.17) is 37.4 Å². The Labute approximate surface area is 270 Å². The van der Waals surface area contributed by atoms with Crippen LogP contribution in [0.4, 0.5) is 0 Å². The molecule has 1 aromatic heterocycles. The minimum atomic E-state index is -0.673. The van der Waals surface area contributed by atoms with Crippen molar-refractivity contribution >= 4 is 62.5 Å². The minimum Gasteiger partial charge on any atom is -0.493 e. The molecule has 1 atom stereocenters. The number of methoxy groups -OCH3 is 1. The highest BCUT2D eigenvalue weighted by molar-refractivity contribution is 9.10. The van der Waals surface area contributed by atoms with Crippen molar-refractivity contribution in [3.05, 3.63) is 122 Å². The average Bonchev–Trinajstić information content (AvgIpc) is 3.28. The summed E-state index contributed by atoms with van der Waals surface area (Å²) < 4.78 is 19.7. The zero-order valence-electron chi connectivity index (χ0n) is 23.7. The molecule has 43 heavy (non-hydrogen) atoms. The highest BCUT2D eigenvalue weighted by Crippen LogP contribution is 2.35. The number of carbonyl (C=O) groups is 1. The lowest BCUT2D eigenvalue weighted by atomic mass is 9.95. The first-order chi connectivity index (χ1) is 20.6. The quantitative estimate of drug-likeness (QED) is 0.190. The van der Waals surface area contributed by atoms with E-state index in [9.17, 15) is 9.59 Å². The number of hydrogen-bond donors (Lipinski definition) is 0. The molecule has 0 N–H and O–H groups in total. The van der Waals surface area contributed by atoms with Crippen molar-refractivity contribution in [1.82, 2.24) is 4.57 Å². The molecule has 2 heterocycles. The van der Waals surface area contributed by atoms with Crippen LogP contribution in [0.1, 0.15) is 42.1 Å². The molecule has 3 aromatic carbocycles. The van der Waals surface area contributed by atoms with Gasteiger partial charge >= 0.3 is 5.97 Å². The molecule has 7 nitrogen and oxygen atoms in total. The van der Waals surface area contributed by atoms with Crippen molar-refractivity contribution in [1.29, 1.82) is 0 Å². The lowest BCUT2D eigenvalue weighted by Gasteiger charge is -2.24. The van der Waals surface area contributed by atoms with Crippen LogP contribution in [0.2, 0.25) is 10.0 Å². The van der Waals surface area contributed by atoms with E-state index in [0.717, 1.165) is 16.7 Å². The van der Waals surface area contributed by atoms with Crippen molar-refractivity contribution in [3.63, 3.8) is 0 Å². The predicted octanol–water partition coefficient (Wildman–Crippen LogP) is 6.76. The van der Waals surface area contributed by atoms with Crippen molar-refractivity contribution in [2.75, 3.05) is 13.7 Å². The van der Waals surface area contributed by atoms with E-state index in [-0.39, 0.29) is 18.8 Å². The Balaban J connectivity index is 1.56. The van der Waals surface area contributed by atoms with Gasteiger partial charge in [-0.05, 0) is 67.8 Å². The second-order valence-electron chi connectivity index (χ2n) is 9.77.